The number of benzene rings is 1. The summed E-state index contributed by atoms with van der Waals surface area (Å²) in [4.78, 5) is 4.43. The number of pyridine rings is 1. The van der Waals surface area contributed by atoms with Gasteiger partial charge in [-0.25, -0.2) is 0 Å². The van der Waals surface area contributed by atoms with Crippen molar-refractivity contribution in [3.63, 3.8) is 0 Å². The number of ether oxygens (including phenoxy) is 2. The summed E-state index contributed by atoms with van der Waals surface area (Å²) in [5.74, 6) is 1.37. The van der Waals surface area contributed by atoms with Crippen LogP contribution in [0.4, 0.5) is 0 Å². The van der Waals surface area contributed by atoms with E-state index in [-0.39, 0.29) is 0 Å². The highest BCUT2D eigenvalue weighted by atomic mass is 16.5. The standard InChI is InChI=1S/C17H17N3O2/c1-2-4-17(22-11-12-5-6-21-10-12)14(3-1)13-7-15-16(18-8-13)9-19-20-15/h1-4,7-9,12H,5-6,10-11H2,(H,19,20). The molecule has 0 spiro atoms. The minimum Gasteiger partial charge on any atom is -0.493 e. The van der Waals surface area contributed by atoms with Gasteiger partial charge in [-0.1, -0.05) is 18.2 Å². The van der Waals surface area contributed by atoms with Crippen molar-refractivity contribution in [2.75, 3.05) is 19.8 Å². The lowest BCUT2D eigenvalue weighted by Crippen LogP contribution is -2.12. The van der Waals surface area contributed by atoms with E-state index >= 15 is 0 Å². The maximum Gasteiger partial charge on any atom is 0.127 e. The number of H-pyrrole nitrogens is 1. The van der Waals surface area contributed by atoms with Gasteiger partial charge < -0.3 is 9.47 Å². The van der Waals surface area contributed by atoms with Gasteiger partial charge >= 0.3 is 0 Å². The van der Waals surface area contributed by atoms with Crippen LogP contribution in [0.5, 0.6) is 5.75 Å². The van der Waals surface area contributed by atoms with Crippen LogP contribution in [-0.4, -0.2) is 35.0 Å². The second-order valence-electron chi connectivity index (χ2n) is 5.56. The van der Waals surface area contributed by atoms with Crippen molar-refractivity contribution in [2.45, 2.75) is 6.42 Å². The molecule has 0 amide bonds. The Bertz CT molecular complexity index is 778. The molecular weight excluding hydrogens is 278 g/mol. The Morgan fingerprint density at radius 1 is 1.27 bits per heavy atom. The zero-order valence-corrected chi connectivity index (χ0v) is 12.2. The second-order valence-corrected chi connectivity index (χ2v) is 5.56. The summed E-state index contributed by atoms with van der Waals surface area (Å²) in [7, 11) is 0. The molecule has 1 atom stereocenters. The van der Waals surface area contributed by atoms with Crippen molar-refractivity contribution < 1.29 is 9.47 Å². The van der Waals surface area contributed by atoms with Crippen molar-refractivity contribution in [1.29, 1.82) is 0 Å². The largest absolute Gasteiger partial charge is 0.493 e. The van der Waals surface area contributed by atoms with E-state index in [4.69, 9.17) is 9.47 Å². The molecule has 0 aliphatic carbocycles. The fraction of sp³-hybridized carbons (Fsp3) is 0.294. The Hall–Kier alpha value is -2.40. The van der Waals surface area contributed by atoms with Crippen LogP contribution in [0, 0.1) is 5.92 Å². The number of fused-ring (bicyclic) bond motifs is 1. The van der Waals surface area contributed by atoms with Crippen LogP contribution >= 0.6 is 0 Å². The number of aromatic amines is 1. The average molecular weight is 295 g/mol. The number of nitrogens with zero attached hydrogens (tertiary/aromatic N) is 2. The van der Waals surface area contributed by atoms with Crippen LogP contribution in [0.15, 0.2) is 42.7 Å². The Kier molecular flexibility index (Phi) is 3.48. The van der Waals surface area contributed by atoms with Gasteiger partial charge in [0.25, 0.3) is 0 Å². The monoisotopic (exact) mass is 295 g/mol. The number of rotatable bonds is 4. The molecule has 1 aromatic carbocycles. The highest BCUT2D eigenvalue weighted by Crippen LogP contribution is 2.31. The zero-order valence-electron chi connectivity index (χ0n) is 12.2. The summed E-state index contributed by atoms with van der Waals surface area (Å²) in [6, 6.07) is 10.1. The lowest BCUT2D eigenvalue weighted by atomic mass is 10.1. The van der Waals surface area contributed by atoms with Crippen LogP contribution in [0.3, 0.4) is 0 Å². The molecule has 0 radical (unpaired) electrons. The van der Waals surface area contributed by atoms with Crippen LogP contribution in [0.1, 0.15) is 6.42 Å². The van der Waals surface area contributed by atoms with Crippen LogP contribution in [0.2, 0.25) is 0 Å². The van der Waals surface area contributed by atoms with Gasteiger partial charge in [0.1, 0.15) is 11.3 Å². The van der Waals surface area contributed by atoms with Crippen molar-refractivity contribution >= 4 is 11.0 Å². The number of nitrogens with one attached hydrogen (secondary N) is 1. The summed E-state index contributed by atoms with van der Waals surface area (Å²) >= 11 is 0. The average Bonchev–Trinajstić information content (AvgIpc) is 3.24. The molecule has 5 heteroatoms. The third kappa shape index (κ3) is 2.55. The van der Waals surface area contributed by atoms with Gasteiger partial charge in [-0.05, 0) is 18.6 Å². The van der Waals surface area contributed by atoms with E-state index < -0.39 is 0 Å². The zero-order chi connectivity index (χ0) is 14.8. The number of hydrogen-bond acceptors (Lipinski definition) is 4. The molecule has 0 bridgehead atoms. The van der Waals surface area contributed by atoms with E-state index in [9.17, 15) is 0 Å². The van der Waals surface area contributed by atoms with Crippen molar-refractivity contribution in [3.05, 3.63) is 42.7 Å². The lowest BCUT2D eigenvalue weighted by molar-refractivity contribution is 0.167. The lowest BCUT2D eigenvalue weighted by Gasteiger charge is -2.14. The molecule has 0 saturated carbocycles. The molecule has 1 aliphatic rings. The topological polar surface area (TPSA) is 60.0 Å². The molecule has 4 rings (SSSR count). The summed E-state index contributed by atoms with van der Waals surface area (Å²) < 4.78 is 11.4. The van der Waals surface area contributed by atoms with Crippen molar-refractivity contribution in [3.8, 4) is 16.9 Å². The Labute approximate surface area is 128 Å². The van der Waals surface area contributed by atoms with E-state index in [1.165, 1.54) is 0 Å². The van der Waals surface area contributed by atoms with Gasteiger partial charge in [-0.2, -0.15) is 5.10 Å². The first-order valence-corrected chi connectivity index (χ1v) is 7.49. The van der Waals surface area contributed by atoms with E-state index in [1.54, 1.807) is 6.20 Å². The van der Waals surface area contributed by atoms with E-state index in [0.717, 1.165) is 47.5 Å². The van der Waals surface area contributed by atoms with Crippen LogP contribution in [-0.2, 0) is 4.74 Å². The van der Waals surface area contributed by atoms with E-state index in [1.807, 2.05) is 24.4 Å². The minimum absolute atomic E-state index is 0.487. The predicted octanol–water partition coefficient (Wildman–Crippen LogP) is 3.04. The summed E-state index contributed by atoms with van der Waals surface area (Å²) in [6.45, 7) is 2.33. The second kappa shape index (κ2) is 5.77. The van der Waals surface area contributed by atoms with Gasteiger partial charge in [0.05, 0.1) is 24.9 Å². The number of hydrogen-bond donors (Lipinski definition) is 1. The predicted molar refractivity (Wildman–Crippen MR) is 83.7 cm³/mol. The third-order valence-electron chi connectivity index (χ3n) is 3.99. The Morgan fingerprint density at radius 2 is 2.23 bits per heavy atom. The molecule has 2 aromatic heterocycles. The Morgan fingerprint density at radius 3 is 3.14 bits per heavy atom. The molecule has 22 heavy (non-hydrogen) atoms. The summed E-state index contributed by atoms with van der Waals surface area (Å²) in [5, 5.41) is 6.97. The summed E-state index contributed by atoms with van der Waals surface area (Å²) in [5.41, 5.74) is 3.86. The SMILES string of the molecule is c1ccc(-c2cnc3cn[nH]c3c2)c(OCC2CCOC2)c1. The fourth-order valence-electron chi connectivity index (χ4n) is 2.73. The highest BCUT2D eigenvalue weighted by Gasteiger charge is 2.17. The van der Waals surface area contributed by atoms with Crippen LogP contribution < -0.4 is 4.74 Å². The van der Waals surface area contributed by atoms with E-state index in [0.29, 0.717) is 12.5 Å². The molecule has 1 aliphatic heterocycles. The Balaban J connectivity index is 1.62. The molecule has 1 fully saturated rings. The minimum atomic E-state index is 0.487. The van der Waals surface area contributed by atoms with Gasteiger partial charge in [0, 0.05) is 29.8 Å². The van der Waals surface area contributed by atoms with Crippen LogP contribution in [0.25, 0.3) is 22.2 Å². The molecule has 5 nitrogen and oxygen atoms in total. The van der Waals surface area contributed by atoms with Crippen molar-refractivity contribution in [2.24, 2.45) is 5.92 Å². The maximum atomic E-state index is 6.04. The van der Waals surface area contributed by atoms with Gasteiger partial charge in [0.15, 0.2) is 0 Å². The summed E-state index contributed by atoms with van der Waals surface area (Å²) in [6.07, 6.45) is 4.66. The smallest absolute Gasteiger partial charge is 0.127 e. The quantitative estimate of drug-likeness (QED) is 0.803. The van der Waals surface area contributed by atoms with Crippen molar-refractivity contribution in [1.82, 2.24) is 15.2 Å². The molecule has 1 unspecified atom stereocenters. The first kappa shape index (κ1) is 13.3. The van der Waals surface area contributed by atoms with Gasteiger partial charge in [-0.3, -0.25) is 10.1 Å². The number of aromatic nitrogens is 3. The molecular formula is C17H17N3O2. The van der Waals surface area contributed by atoms with Gasteiger partial charge in [-0.15, -0.1) is 0 Å². The first-order chi connectivity index (χ1) is 10.9. The third-order valence-corrected chi connectivity index (χ3v) is 3.99. The first-order valence-electron chi connectivity index (χ1n) is 7.49. The molecule has 3 heterocycles. The maximum absolute atomic E-state index is 6.04. The fourth-order valence-corrected chi connectivity index (χ4v) is 2.73. The molecule has 112 valence electrons. The highest BCUT2D eigenvalue weighted by molar-refractivity contribution is 5.81. The number of para-hydroxylation sites is 1. The normalized spacial score (nSPS) is 17.9. The van der Waals surface area contributed by atoms with Gasteiger partial charge in [0.2, 0.25) is 0 Å². The molecule has 1 saturated heterocycles. The van der Waals surface area contributed by atoms with E-state index in [2.05, 4.69) is 27.3 Å². The molecule has 3 aromatic rings. The molecule has 1 N–H and O–H groups in total.